The number of hydrogen-bond acceptors (Lipinski definition) is 3. The van der Waals surface area contributed by atoms with Gasteiger partial charge >= 0.3 is 0 Å². The van der Waals surface area contributed by atoms with Crippen molar-refractivity contribution >= 4 is 5.78 Å². The monoisotopic (exact) mass is 486 g/mol. The van der Waals surface area contributed by atoms with Gasteiger partial charge in [-0.2, -0.15) is 9.78 Å². The first kappa shape index (κ1) is 23.5. The van der Waals surface area contributed by atoms with E-state index in [0.29, 0.717) is 0 Å². The summed E-state index contributed by atoms with van der Waals surface area (Å²) < 4.78 is 108. The molecule has 0 atom stereocenters. The van der Waals surface area contributed by atoms with Crippen LogP contribution in [0.5, 0.6) is 5.88 Å². The number of carbonyl (C=O) groups is 1. The van der Waals surface area contributed by atoms with Gasteiger partial charge in [-0.15, -0.1) is 0 Å². The zero-order valence-electron chi connectivity index (χ0n) is 14.6. The largest absolute Gasteiger partial charge is 0.493 e. The zero-order chi connectivity index (χ0) is 21.8. The van der Waals surface area contributed by atoms with E-state index in [9.17, 15) is 45.0 Å². The summed E-state index contributed by atoms with van der Waals surface area (Å²) in [5, 5.41) is 13.5. The van der Waals surface area contributed by atoms with Crippen LogP contribution < -0.4 is 0 Å². The summed E-state index contributed by atoms with van der Waals surface area (Å²) in [7, 11) is 0. The van der Waals surface area contributed by atoms with Crippen LogP contribution in [0.25, 0.3) is 5.69 Å². The van der Waals surface area contributed by atoms with Crippen molar-refractivity contribution in [2.75, 3.05) is 0 Å². The summed E-state index contributed by atoms with van der Waals surface area (Å²) in [6.45, 7) is 1.01. The fourth-order valence-electron chi connectivity index (χ4n) is 2.55. The summed E-state index contributed by atoms with van der Waals surface area (Å²) in [5.74, 6) is -19.9. The molecule has 0 saturated heterocycles. The van der Waals surface area contributed by atoms with Crippen LogP contribution in [0.2, 0.25) is 0 Å². The predicted molar refractivity (Wildman–Crippen MR) is 79.5 cm³/mol. The second-order valence-electron chi connectivity index (χ2n) is 5.70. The number of carbonyl (C=O) groups excluding carboxylic acids is 1. The van der Waals surface area contributed by atoms with Crippen LogP contribution >= 0.6 is 0 Å². The molecule has 154 valence electrons. The van der Waals surface area contributed by atoms with Crippen molar-refractivity contribution in [1.29, 1.82) is 0 Å². The maximum atomic E-state index is 14.0. The molecule has 1 N–H and O–H groups in total. The molecule has 0 spiro atoms. The summed E-state index contributed by atoms with van der Waals surface area (Å²) in [6, 6.07) is 0.574. The molecule has 2 aromatic carbocycles. The molecule has 1 heterocycles. The molecule has 0 radical (unpaired) electrons. The first-order valence-corrected chi connectivity index (χ1v) is 7.47. The van der Waals surface area contributed by atoms with E-state index in [2.05, 4.69) is 5.10 Å². The molecular weight excluding hydrogens is 482 g/mol. The molecule has 1 aromatic heterocycles. The second kappa shape index (κ2) is 8.13. The van der Waals surface area contributed by atoms with Crippen molar-refractivity contribution in [2.24, 2.45) is 0 Å². The molecule has 3 aromatic rings. The quantitative estimate of drug-likeness (QED) is 0.198. The third kappa shape index (κ3) is 3.47. The van der Waals surface area contributed by atoms with Crippen LogP contribution in [0.4, 0.5) is 35.1 Å². The van der Waals surface area contributed by atoms with Gasteiger partial charge in [0.1, 0.15) is 11.3 Å². The van der Waals surface area contributed by atoms with E-state index < -0.39 is 80.7 Å². The van der Waals surface area contributed by atoms with E-state index >= 15 is 0 Å². The van der Waals surface area contributed by atoms with Crippen molar-refractivity contribution < 1.29 is 64.5 Å². The van der Waals surface area contributed by atoms with Crippen LogP contribution in [0.15, 0.2) is 12.1 Å². The minimum absolute atomic E-state index is 0. The Morgan fingerprint density at radius 1 is 0.833 bits per heavy atom. The standard InChI is InChI=1S/C17H6F8N2O2.Zn/c1-4-8(16(28)5-2-6(18)9(20)7(19)3-5)17(29)27(26-4)15-13(24)11(22)10(21)12(23)14(15)25;/h2-3,29H,1H3;. The second-order valence-corrected chi connectivity index (χ2v) is 5.70. The van der Waals surface area contributed by atoms with Crippen molar-refractivity contribution in [1.82, 2.24) is 9.78 Å². The molecule has 0 unspecified atom stereocenters. The average molecular weight is 488 g/mol. The molecule has 4 nitrogen and oxygen atoms in total. The van der Waals surface area contributed by atoms with E-state index in [1.54, 1.807) is 0 Å². The van der Waals surface area contributed by atoms with Crippen LogP contribution in [-0.4, -0.2) is 20.7 Å². The Labute approximate surface area is 174 Å². The molecule has 0 amide bonds. The number of aryl methyl sites for hydroxylation is 1. The topological polar surface area (TPSA) is 55.1 Å². The van der Waals surface area contributed by atoms with Crippen LogP contribution in [0, 0.1) is 53.5 Å². The number of halogens is 8. The summed E-state index contributed by atoms with van der Waals surface area (Å²) >= 11 is 0. The molecule has 0 aliphatic carbocycles. The van der Waals surface area contributed by atoms with Crippen LogP contribution in [0.1, 0.15) is 21.6 Å². The van der Waals surface area contributed by atoms with E-state index in [1.807, 2.05) is 0 Å². The molecule has 0 fully saturated rings. The summed E-state index contributed by atoms with van der Waals surface area (Å²) in [6.07, 6.45) is 0. The molecular formula is C17H6F8N2O2Zn. The van der Waals surface area contributed by atoms with Crippen molar-refractivity contribution in [3.05, 3.63) is 75.5 Å². The Morgan fingerprint density at radius 2 is 1.27 bits per heavy atom. The van der Waals surface area contributed by atoms with Crippen molar-refractivity contribution in [3.63, 3.8) is 0 Å². The normalized spacial score (nSPS) is 10.8. The van der Waals surface area contributed by atoms with E-state index in [1.165, 1.54) is 0 Å². The minimum atomic E-state index is -2.46. The fourth-order valence-corrected chi connectivity index (χ4v) is 2.55. The number of aromatic nitrogens is 2. The Hall–Kier alpha value is -2.82. The Bertz CT molecular complexity index is 1140. The Kier molecular flexibility index (Phi) is 6.36. The van der Waals surface area contributed by atoms with Crippen molar-refractivity contribution in [2.45, 2.75) is 6.92 Å². The van der Waals surface area contributed by atoms with E-state index in [4.69, 9.17) is 0 Å². The first-order valence-electron chi connectivity index (χ1n) is 7.47. The number of aromatic hydroxyl groups is 1. The van der Waals surface area contributed by atoms with Gasteiger partial charge in [0, 0.05) is 25.0 Å². The Morgan fingerprint density at radius 3 is 1.73 bits per heavy atom. The van der Waals surface area contributed by atoms with Crippen LogP contribution in [-0.2, 0) is 19.5 Å². The zero-order valence-corrected chi connectivity index (χ0v) is 17.6. The van der Waals surface area contributed by atoms with Gasteiger partial charge in [-0.1, -0.05) is 0 Å². The van der Waals surface area contributed by atoms with Gasteiger partial charge in [-0.25, -0.2) is 35.1 Å². The number of nitrogens with zero attached hydrogens (tertiary/aromatic N) is 2. The summed E-state index contributed by atoms with van der Waals surface area (Å²) in [4.78, 5) is 12.4. The third-order valence-corrected chi connectivity index (χ3v) is 3.91. The fraction of sp³-hybridized carbons (Fsp3) is 0.0588. The van der Waals surface area contributed by atoms with Crippen molar-refractivity contribution in [3.8, 4) is 11.6 Å². The average Bonchev–Trinajstić information content (AvgIpc) is 2.96. The third-order valence-electron chi connectivity index (χ3n) is 3.91. The van der Waals surface area contributed by atoms with Gasteiger partial charge in [0.15, 0.2) is 40.7 Å². The Balaban J connectivity index is 0.00000320. The van der Waals surface area contributed by atoms with Gasteiger partial charge in [-0.05, 0) is 19.1 Å². The molecule has 30 heavy (non-hydrogen) atoms. The number of rotatable bonds is 3. The molecule has 3 rings (SSSR count). The number of hydrogen-bond donors (Lipinski definition) is 1. The maximum Gasteiger partial charge on any atom is 0.226 e. The van der Waals surface area contributed by atoms with Crippen LogP contribution in [0.3, 0.4) is 0 Å². The molecule has 13 heteroatoms. The number of benzene rings is 2. The summed E-state index contributed by atoms with van der Waals surface area (Å²) in [5.41, 5.74) is -3.84. The van der Waals surface area contributed by atoms with Gasteiger partial charge in [0.05, 0.1) is 5.69 Å². The number of ketones is 1. The van der Waals surface area contributed by atoms with E-state index in [0.717, 1.165) is 6.92 Å². The maximum absolute atomic E-state index is 14.0. The van der Waals surface area contributed by atoms with Gasteiger partial charge in [0.2, 0.25) is 17.5 Å². The van der Waals surface area contributed by atoms with Gasteiger partial charge < -0.3 is 5.11 Å². The first-order chi connectivity index (χ1) is 13.5. The molecule has 0 aliphatic rings. The smallest absolute Gasteiger partial charge is 0.226 e. The molecule has 0 saturated carbocycles. The molecule has 0 bridgehead atoms. The minimum Gasteiger partial charge on any atom is -0.493 e. The SMILES string of the molecule is Cc1nn(-c2c(F)c(F)c(F)c(F)c2F)c(O)c1C(=O)c1cc(F)c(F)c(F)c1.[Zn]. The molecule has 0 aliphatic heterocycles. The van der Waals surface area contributed by atoms with E-state index in [-0.39, 0.29) is 36.3 Å². The predicted octanol–water partition coefficient (Wildman–Crippen LogP) is 4.23. The van der Waals surface area contributed by atoms with Gasteiger partial charge in [0.25, 0.3) is 0 Å². The van der Waals surface area contributed by atoms with Gasteiger partial charge in [-0.3, -0.25) is 4.79 Å².